The highest BCUT2D eigenvalue weighted by molar-refractivity contribution is 5.06. The highest BCUT2D eigenvalue weighted by Gasteiger charge is 2.58. The van der Waals surface area contributed by atoms with Crippen molar-refractivity contribution in [1.82, 2.24) is 0 Å². The maximum atomic E-state index is 2.49. The Labute approximate surface area is 109 Å². The number of rotatable bonds is 6. The van der Waals surface area contributed by atoms with Crippen LogP contribution in [0.25, 0.3) is 0 Å². The fraction of sp³-hybridized carbons (Fsp3) is 1.00. The van der Waals surface area contributed by atoms with Crippen molar-refractivity contribution in [1.29, 1.82) is 0 Å². The molecule has 0 aromatic rings. The molecule has 0 heterocycles. The van der Waals surface area contributed by atoms with Gasteiger partial charge in [0.2, 0.25) is 0 Å². The molecule has 0 radical (unpaired) electrons. The average molecular weight is 236 g/mol. The van der Waals surface area contributed by atoms with Crippen molar-refractivity contribution in [3.63, 3.8) is 0 Å². The van der Waals surface area contributed by atoms with Crippen molar-refractivity contribution in [3.05, 3.63) is 0 Å². The molecule has 0 aromatic carbocycles. The van der Waals surface area contributed by atoms with Crippen molar-refractivity contribution in [2.45, 2.75) is 73.1 Å². The molecule has 17 heavy (non-hydrogen) atoms. The van der Waals surface area contributed by atoms with Crippen LogP contribution in [0.3, 0.4) is 0 Å². The van der Waals surface area contributed by atoms with Crippen molar-refractivity contribution in [2.75, 3.05) is 0 Å². The average Bonchev–Trinajstić information content (AvgIpc) is 2.26. The van der Waals surface area contributed by atoms with Crippen molar-refractivity contribution in [2.24, 2.45) is 35.0 Å². The van der Waals surface area contributed by atoms with E-state index < -0.39 is 0 Å². The molecule has 0 aromatic heterocycles. The summed E-state index contributed by atoms with van der Waals surface area (Å²) < 4.78 is 0. The summed E-state index contributed by atoms with van der Waals surface area (Å²) in [5.41, 5.74) is 0.579. The first kappa shape index (κ1) is 13.4. The lowest BCUT2D eigenvalue weighted by Gasteiger charge is -2.65. The minimum atomic E-state index is 0.579. The molecule has 0 saturated heterocycles. The lowest BCUT2D eigenvalue weighted by Crippen LogP contribution is -2.58. The van der Waals surface area contributed by atoms with Gasteiger partial charge in [-0.05, 0) is 54.3 Å². The summed E-state index contributed by atoms with van der Waals surface area (Å²) in [6.45, 7) is 12.1. The van der Waals surface area contributed by atoms with Gasteiger partial charge in [0.1, 0.15) is 0 Å². The summed E-state index contributed by atoms with van der Waals surface area (Å²) in [6, 6.07) is 0. The van der Waals surface area contributed by atoms with Crippen molar-refractivity contribution in [3.8, 4) is 0 Å². The molecule has 2 aliphatic carbocycles. The van der Waals surface area contributed by atoms with Crippen LogP contribution in [-0.4, -0.2) is 0 Å². The standard InChI is InChI=1S/C17H32/c1-6-8-9-13-14-10-12(3)16(14)15(13)11-17(4,5)7-2/h12-16H,6-11H2,1-5H3. The molecule has 2 saturated carbocycles. The first-order valence-electron chi connectivity index (χ1n) is 8.00. The number of fused-ring (bicyclic) bond motifs is 1. The van der Waals surface area contributed by atoms with Gasteiger partial charge in [-0.25, -0.2) is 0 Å². The number of hydrogen-bond donors (Lipinski definition) is 0. The van der Waals surface area contributed by atoms with Gasteiger partial charge in [-0.3, -0.25) is 0 Å². The molecule has 2 rings (SSSR count). The number of hydrogen-bond acceptors (Lipinski definition) is 0. The van der Waals surface area contributed by atoms with Crippen LogP contribution in [0, 0.1) is 35.0 Å². The van der Waals surface area contributed by atoms with E-state index in [1.165, 1.54) is 32.1 Å². The molecule has 0 N–H and O–H groups in total. The molecule has 2 fully saturated rings. The minimum Gasteiger partial charge on any atom is -0.0654 e. The third-order valence-electron chi connectivity index (χ3n) is 6.03. The zero-order valence-electron chi connectivity index (χ0n) is 12.6. The summed E-state index contributed by atoms with van der Waals surface area (Å²) in [7, 11) is 0. The second-order valence-electron chi connectivity index (χ2n) is 7.65. The Morgan fingerprint density at radius 2 is 1.82 bits per heavy atom. The lowest BCUT2D eigenvalue weighted by atomic mass is 9.40. The SMILES string of the molecule is CCCCC1C2CC(C)C2C1CC(C)(C)CC. The van der Waals surface area contributed by atoms with Gasteiger partial charge < -0.3 is 0 Å². The van der Waals surface area contributed by atoms with E-state index in [0.29, 0.717) is 5.41 Å². The normalized spacial score (nSPS) is 40.4. The second-order valence-corrected chi connectivity index (χ2v) is 7.65. The fourth-order valence-electron chi connectivity index (χ4n) is 4.56. The van der Waals surface area contributed by atoms with Crippen LogP contribution in [0.4, 0.5) is 0 Å². The molecule has 2 aliphatic rings. The maximum Gasteiger partial charge on any atom is -0.0326 e. The van der Waals surface area contributed by atoms with E-state index in [1.807, 2.05) is 0 Å². The van der Waals surface area contributed by atoms with Gasteiger partial charge in [-0.1, -0.05) is 53.9 Å². The van der Waals surface area contributed by atoms with E-state index in [-0.39, 0.29) is 0 Å². The fourth-order valence-corrected chi connectivity index (χ4v) is 4.56. The molecule has 0 aliphatic heterocycles. The number of unbranched alkanes of at least 4 members (excludes halogenated alkanes) is 1. The van der Waals surface area contributed by atoms with Crippen LogP contribution in [0.1, 0.15) is 73.1 Å². The summed E-state index contributed by atoms with van der Waals surface area (Å²) in [5, 5.41) is 0. The van der Waals surface area contributed by atoms with Crippen LogP contribution in [0.5, 0.6) is 0 Å². The quantitative estimate of drug-likeness (QED) is 0.569. The molecule has 0 heteroatoms. The summed E-state index contributed by atoms with van der Waals surface area (Å²) >= 11 is 0. The largest absolute Gasteiger partial charge is 0.0654 e. The molecule has 0 bridgehead atoms. The Morgan fingerprint density at radius 3 is 2.35 bits per heavy atom. The summed E-state index contributed by atoms with van der Waals surface area (Å²) in [6.07, 6.45) is 8.74. The van der Waals surface area contributed by atoms with Gasteiger partial charge in [0.05, 0.1) is 0 Å². The zero-order chi connectivity index (χ0) is 12.6. The van der Waals surface area contributed by atoms with Crippen molar-refractivity contribution >= 4 is 0 Å². The highest BCUT2D eigenvalue weighted by atomic mass is 14.6. The topological polar surface area (TPSA) is 0 Å². The Morgan fingerprint density at radius 1 is 1.12 bits per heavy atom. The smallest absolute Gasteiger partial charge is 0.0326 e. The molecule has 0 amide bonds. The van der Waals surface area contributed by atoms with E-state index in [4.69, 9.17) is 0 Å². The molecule has 5 unspecified atom stereocenters. The van der Waals surface area contributed by atoms with Gasteiger partial charge in [-0.2, -0.15) is 0 Å². The Bertz CT molecular complexity index is 253. The van der Waals surface area contributed by atoms with E-state index in [0.717, 1.165) is 29.6 Å². The van der Waals surface area contributed by atoms with E-state index in [2.05, 4.69) is 34.6 Å². The van der Waals surface area contributed by atoms with Gasteiger partial charge in [0.15, 0.2) is 0 Å². The Balaban J connectivity index is 1.92. The maximum absolute atomic E-state index is 2.49. The molecule has 100 valence electrons. The van der Waals surface area contributed by atoms with Gasteiger partial charge >= 0.3 is 0 Å². The summed E-state index contributed by atoms with van der Waals surface area (Å²) in [4.78, 5) is 0. The second kappa shape index (κ2) is 4.94. The van der Waals surface area contributed by atoms with E-state index >= 15 is 0 Å². The van der Waals surface area contributed by atoms with E-state index in [1.54, 1.807) is 6.42 Å². The van der Waals surface area contributed by atoms with Crippen LogP contribution in [-0.2, 0) is 0 Å². The van der Waals surface area contributed by atoms with Crippen LogP contribution in [0.15, 0.2) is 0 Å². The third kappa shape index (κ3) is 2.42. The third-order valence-corrected chi connectivity index (χ3v) is 6.03. The first-order valence-corrected chi connectivity index (χ1v) is 8.00. The van der Waals surface area contributed by atoms with E-state index in [9.17, 15) is 0 Å². The molecular weight excluding hydrogens is 204 g/mol. The minimum absolute atomic E-state index is 0.579. The van der Waals surface area contributed by atoms with Crippen LogP contribution in [0.2, 0.25) is 0 Å². The molecule has 5 atom stereocenters. The van der Waals surface area contributed by atoms with Gasteiger partial charge in [-0.15, -0.1) is 0 Å². The monoisotopic (exact) mass is 236 g/mol. The molecule has 0 nitrogen and oxygen atoms in total. The molecule has 0 spiro atoms. The zero-order valence-corrected chi connectivity index (χ0v) is 12.6. The predicted molar refractivity (Wildman–Crippen MR) is 76.0 cm³/mol. The Kier molecular flexibility index (Phi) is 3.90. The first-order chi connectivity index (χ1) is 8.00. The van der Waals surface area contributed by atoms with Crippen LogP contribution >= 0.6 is 0 Å². The van der Waals surface area contributed by atoms with Gasteiger partial charge in [0, 0.05) is 0 Å². The van der Waals surface area contributed by atoms with Gasteiger partial charge in [0.25, 0.3) is 0 Å². The lowest BCUT2D eigenvalue weighted by molar-refractivity contribution is -0.162. The molecular formula is C17H32. The Hall–Kier alpha value is 0. The highest BCUT2D eigenvalue weighted by Crippen LogP contribution is 2.65. The summed E-state index contributed by atoms with van der Waals surface area (Å²) in [5.74, 6) is 5.46. The predicted octanol–water partition coefficient (Wildman–Crippen LogP) is 5.52. The van der Waals surface area contributed by atoms with Crippen LogP contribution < -0.4 is 0 Å². The van der Waals surface area contributed by atoms with Crippen molar-refractivity contribution < 1.29 is 0 Å².